The molecule has 182 valence electrons. The number of rotatable bonds is 9. The molecule has 2 fully saturated rings. The lowest BCUT2D eigenvalue weighted by molar-refractivity contribution is -0.119. The van der Waals surface area contributed by atoms with E-state index in [0.717, 1.165) is 31.2 Å². The molecular formula is C25H35ClN2O5. The van der Waals surface area contributed by atoms with E-state index in [0.29, 0.717) is 36.3 Å². The zero-order chi connectivity index (χ0) is 22.3. The van der Waals surface area contributed by atoms with Crippen molar-refractivity contribution >= 4 is 40.9 Å². The highest BCUT2D eigenvalue weighted by atomic mass is 35.5. The predicted octanol–water partition coefficient (Wildman–Crippen LogP) is 4.93. The molecule has 33 heavy (non-hydrogen) atoms. The fourth-order valence-corrected chi connectivity index (χ4v) is 5.11. The van der Waals surface area contributed by atoms with Gasteiger partial charge >= 0.3 is 5.97 Å². The van der Waals surface area contributed by atoms with Gasteiger partial charge in [0, 0.05) is 24.8 Å². The molecule has 1 amide bonds. The van der Waals surface area contributed by atoms with Gasteiger partial charge in [-0.15, -0.1) is 12.4 Å². The average molecular weight is 479 g/mol. The number of nitrogens with one attached hydrogen (secondary N) is 2. The number of hydrogen-bond donors (Lipinski definition) is 2. The minimum absolute atomic E-state index is 0. The second-order valence-electron chi connectivity index (χ2n) is 8.97. The van der Waals surface area contributed by atoms with Crippen LogP contribution in [-0.4, -0.2) is 44.8 Å². The quantitative estimate of drug-likeness (QED) is 0.392. The number of unbranched alkanes of at least 4 members (excludes halogenated alkanes) is 1. The Hall–Kier alpha value is -2.09. The van der Waals surface area contributed by atoms with E-state index in [9.17, 15) is 9.59 Å². The van der Waals surface area contributed by atoms with E-state index in [1.165, 1.54) is 32.1 Å². The van der Waals surface area contributed by atoms with E-state index in [4.69, 9.17) is 13.9 Å². The van der Waals surface area contributed by atoms with Crippen molar-refractivity contribution in [3.05, 3.63) is 30.0 Å². The molecule has 2 heterocycles. The fourth-order valence-electron chi connectivity index (χ4n) is 5.11. The molecule has 8 heteroatoms. The molecule has 7 nitrogen and oxygen atoms in total. The summed E-state index contributed by atoms with van der Waals surface area (Å²) < 4.78 is 15.9. The molecule has 1 aliphatic carbocycles. The summed E-state index contributed by atoms with van der Waals surface area (Å²) in [5.41, 5.74) is 1.30. The number of ether oxygens (including phenoxy) is 2. The van der Waals surface area contributed by atoms with E-state index >= 15 is 0 Å². The van der Waals surface area contributed by atoms with Crippen molar-refractivity contribution < 1.29 is 23.5 Å². The van der Waals surface area contributed by atoms with Crippen LogP contribution in [0.25, 0.3) is 11.0 Å². The number of benzene rings is 1. The summed E-state index contributed by atoms with van der Waals surface area (Å²) in [6, 6.07) is 6.97. The maximum Gasteiger partial charge on any atom is 0.374 e. The molecule has 2 atom stereocenters. The first kappa shape index (κ1) is 25.5. The number of amides is 1. The van der Waals surface area contributed by atoms with Crippen molar-refractivity contribution in [3.63, 3.8) is 0 Å². The van der Waals surface area contributed by atoms with Crippen LogP contribution in [0.2, 0.25) is 0 Å². The molecule has 0 radical (unpaired) electrons. The molecular weight excluding hydrogens is 444 g/mol. The minimum Gasteiger partial charge on any atom is -0.460 e. The summed E-state index contributed by atoms with van der Waals surface area (Å²) in [4.78, 5) is 25.3. The van der Waals surface area contributed by atoms with Gasteiger partial charge in [-0.05, 0) is 61.9 Å². The molecule has 1 aliphatic heterocycles. The number of fused-ring (bicyclic) bond motifs is 1. The van der Waals surface area contributed by atoms with Gasteiger partial charge < -0.3 is 24.5 Å². The van der Waals surface area contributed by atoms with Gasteiger partial charge in [-0.3, -0.25) is 4.79 Å². The number of esters is 1. The van der Waals surface area contributed by atoms with Crippen LogP contribution in [0.15, 0.2) is 28.7 Å². The molecule has 4 rings (SSSR count). The molecule has 2 N–H and O–H groups in total. The zero-order valence-electron chi connectivity index (χ0n) is 19.3. The van der Waals surface area contributed by atoms with Crippen LogP contribution in [0.4, 0.5) is 5.69 Å². The molecule has 1 aromatic heterocycles. The topological polar surface area (TPSA) is 89.8 Å². The van der Waals surface area contributed by atoms with E-state index in [1.807, 2.05) is 12.1 Å². The predicted molar refractivity (Wildman–Crippen MR) is 130 cm³/mol. The fraction of sp³-hybridized carbons (Fsp3) is 0.600. The monoisotopic (exact) mass is 478 g/mol. The average Bonchev–Trinajstić information content (AvgIpc) is 3.46. The summed E-state index contributed by atoms with van der Waals surface area (Å²) >= 11 is 0. The number of furan rings is 1. The lowest BCUT2D eigenvalue weighted by Gasteiger charge is -2.30. The largest absolute Gasteiger partial charge is 0.460 e. The highest BCUT2D eigenvalue weighted by Crippen LogP contribution is 2.36. The second-order valence-corrected chi connectivity index (χ2v) is 8.97. The van der Waals surface area contributed by atoms with Crippen LogP contribution in [0.3, 0.4) is 0 Å². The van der Waals surface area contributed by atoms with E-state index in [-0.39, 0.29) is 30.1 Å². The second kappa shape index (κ2) is 12.4. The van der Waals surface area contributed by atoms with Crippen molar-refractivity contribution in [2.45, 2.75) is 57.4 Å². The molecule has 2 aliphatic rings. The summed E-state index contributed by atoms with van der Waals surface area (Å²) in [5, 5.41) is 7.24. The third-order valence-electron chi connectivity index (χ3n) is 6.77. The van der Waals surface area contributed by atoms with Gasteiger partial charge in [-0.25, -0.2) is 4.79 Å². The van der Waals surface area contributed by atoms with E-state index in [1.54, 1.807) is 19.2 Å². The summed E-state index contributed by atoms with van der Waals surface area (Å²) in [6.07, 6.45) is 9.01. The molecule has 0 spiro atoms. The lowest BCUT2D eigenvalue weighted by Crippen LogP contribution is -2.42. The maximum absolute atomic E-state index is 13.0. The third kappa shape index (κ3) is 6.49. The first-order chi connectivity index (χ1) is 15.7. The highest BCUT2D eigenvalue weighted by Gasteiger charge is 2.38. The number of halogens is 1. The van der Waals surface area contributed by atoms with Crippen LogP contribution in [0.5, 0.6) is 0 Å². The number of carbonyl (C=O) groups is 2. The van der Waals surface area contributed by atoms with Crippen molar-refractivity contribution in [1.82, 2.24) is 5.32 Å². The molecule has 1 saturated carbocycles. The molecule has 0 bridgehead atoms. The Morgan fingerprint density at radius 2 is 1.88 bits per heavy atom. The Balaban J connectivity index is 0.00000306. The van der Waals surface area contributed by atoms with Crippen molar-refractivity contribution in [2.75, 3.05) is 32.2 Å². The first-order valence-corrected chi connectivity index (χ1v) is 11.9. The number of methoxy groups -OCH3 is 1. The standard InChI is InChI=1S/C25H34N2O5.ClH/c1-30-13-5-6-14-31-25(29)22-16-18-15-19(9-10-21(18)32-22)27-24(28)23-20(11-12-26-23)17-7-3-2-4-8-17;/h9-10,15-17,20,23,26H,2-8,11-14H2,1H3,(H,27,28);1H/t20-,23+;/m0./s1. The smallest absolute Gasteiger partial charge is 0.374 e. The molecule has 2 aromatic rings. The Labute approximate surface area is 201 Å². The number of carbonyl (C=O) groups excluding carboxylic acids is 2. The van der Waals surface area contributed by atoms with E-state index in [2.05, 4.69) is 10.6 Å². The molecule has 0 unspecified atom stereocenters. The maximum atomic E-state index is 13.0. The normalized spacial score (nSPS) is 21.0. The first-order valence-electron chi connectivity index (χ1n) is 11.9. The van der Waals surface area contributed by atoms with Crippen molar-refractivity contribution in [2.24, 2.45) is 11.8 Å². The lowest BCUT2D eigenvalue weighted by atomic mass is 9.76. The van der Waals surface area contributed by atoms with Gasteiger partial charge in [-0.1, -0.05) is 32.1 Å². The number of hydrogen-bond acceptors (Lipinski definition) is 6. The highest BCUT2D eigenvalue weighted by molar-refractivity contribution is 5.98. The van der Waals surface area contributed by atoms with Gasteiger partial charge in [0.2, 0.25) is 11.7 Å². The minimum atomic E-state index is -0.477. The van der Waals surface area contributed by atoms with Crippen LogP contribution < -0.4 is 10.6 Å². The van der Waals surface area contributed by atoms with Gasteiger partial charge in [0.1, 0.15) is 5.58 Å². The van der Waals surface area contributed by atoms with Crippen LogP contribution in [0, 0.1) is 11.8 Å². The van der Waals surface area contributed by atoms with Crippen LogP contribution >= 0.6 is 12.4 Å². The number of anilines is 1. The summed E-state index contributed by atoms with van der Waals surface area (Å²) in [5.74, 6) is 0.781. The van der Waals surface area contributed by atoms with Crippen molar-refractivity contribution in [1.29, 1.82) is 0 Å². The van der Waals surface area contributed by atoms with Crippen molar-refractivity contribution in [3.8, 4) is 0 Å². The van der Waals surface area contributed by atoms with Gasteiger partial charge in [0.25, 0.3) is 0 Å². The Kier molecular flexibility index (Phi) is 9.59. The van der Waals surface area contributed by atoms with Gasteiger partial charge in [-0.2, -0.15) is 0 Å². The van der Waals surface area contributed by atoms with Gasteiger partial charge in [0.15, 0.2) is 0 Å². The Morgan fingerprint density at radius 1 is 1.09 bits per heavy atom. The SMILES string of the molecule is COCCCCOC(=O)c1cc2cc(NC(=O)[C@@H]3NCC[C@H]3C3CCCCC3)ccc2o1.Cl. The van der Waals surface area contributed by atoms with E-state index < -0.39 is 5.97 Å². The Bertz CT molecular complexity index is 925. The zero-order valence-corrected chi connectivity index (χ0v) is 20.1. The Morgan fingerprint density at radius 3 is 2.67 bits per heavy atom. The summed E-state index contributed by atoms with van der Waals surface area (Å²) in [7, 11) is 1.65. The van der Waals surface area contributed by atoms with Crippen LogP contribution in [-0.2, 0) is 14.3 Å². The summed E-state index contributed by atoms with van der Waals surface area (Å²) in [6.45, 7) is 1.88. The van der Waals surface area contributed by atoms with Crippen LogP contribution in [0.1, 0.15) is 61.9 Å². The molecule has 1 aromatic carbocycles. The third-order valence-corrected chi connectivity index (χ3v) is 6.77. The van der Waals surface area contributed by atoms with Gasteiger partial charge in [0.05, 0.1) is 12.6 Å². The molecule has 1 saturated heterocycles.